The summed E-state index contributed by atoms with van der Waals surface area (Å²) in [5.74, 6) is 0.310. The first-order valence-electron chi connectivity index (χ1n) is 5.39. The average molecular weight is 257 g/mol. The van der Waals surface area contributed by atoms with Gasteiger partial charge < -0.3 is 16.4 Å². The van der Waals surface area contributed by atoms with Crippen molar-refractivity contribution in [3.8, 4) is 0 Å². The molecule has 1 aromatic heterocycles. The Morgan fingerprint density at radius 1 is 1.41 bits per heavy atom. The molecule has 5 nitrogen and oxygen atoms in total. The molecule has 1 atom stereocenters. The molecule has 6 heteroatoms. The van der Waals surface area contributed by atoms with Gasteiger partial charge in [0.25, 0.3) is 0 Å². The summed E-state index contributed by atoms with van der Waals surface area (Å²) in [6.45, 7) is 5.53. The fourth-order valence-electron chi connectivity index (χ4n) is 1.24. The molecular weight excluding hydrogens is 240 g/mol. The second kappa shape index (κ2) is 5.72. The summed E-state index contributed by atoms with van der Waals surface area (Å²) in [5.41, 5.74) is 6.18. The number of pyridine rings is 1. The van der Waals surface area contributed by atoms with Crippen LogP contribution in [-0.4, -0.2) is 23.0 Å². The van der Waals surface area contributed by atoms with Crippen molar-refractivity contribution in [3.05, 3.63) is 17.3 Å². The minimum Gasteiger partial charge on any atom is -0.396 e. The molecule has 1 unspecified atom stereocenters. The van der Waals surface area contributed by atoms with Crippen LogP contribution < -0.4 is 16.4 Å². The second-order valence-corrected chi connectivity index (χ2v) is 4.49. The number of carbonyl (C=O) groups excluding carboxylic acids is 1. The van der Waals surface area contributed by atoms with Crippen molar-refractivity contribution in [1.82, 2.24) is 10.3 Å². The Morgan fingerprint density at radius 3 is 2.65 bits per heavy atom. The molecule has 1 heterocycles. The number of nitrogens with zero attached hydrogens (tertiary/aromatic N) is 1. The van der Waals surface area contributed by atoms with Crippen molar-refractivity contribution in [2.75, 3.05) is 11.1 Å². The van der Waals surface area contributed by atoms with Crippen LogP contribution in [0.3, 0.4) is 0 Å². The number of hydrogen-bond donors (Lipinski definition) is 3. The van der Waals surface area contributed by atoms with Gasteiger partial charge in [-0.3, -0.25) is 4.79 Å². The smallest absolute Gasteiger partial charge is 0.242 e. The van der Waals surface area contributed by atoms with Gasteiger partial charge in [0.05, 0.1) is 5.69 Å². The maximum atomic E-state index is 11.7. The van der Waals surface area contributed by atoms with Gasteiger partial charge >= 0.3 is 0 Å². The first-order valence-corrected chi connectivity index (χ1v) is 5.77. The van der Waals surface area contributed by atoms with Crippen LogP contribution in [0.15, 0.2) is 12.1 Å². The number of anilines is 2. The zero-order chi connectivity index (χ0) is 13.0. The first-order chi connectivity index (χ1) is 7.90. The van der Waals surface area contributed by atoms with E-state index in [-0.39, 0.29) is 11.9 Å². The van der Waals surface area contributed by atoms with Gasteiger partial charge in [-0.05, 0) is 32.9 Å². The Labute approximate surface area is 106 Å². The van der Waals surface area contributed by atoms with Crippen LogP contribution in [0, 0.1) is 0 Å². The highest BCUT2D eigenvalue weighted by Crippen LogP contribution is 2.18. The Bertz CT molecular complexity index is 408. The highest BCUT2D eigenvalue weighted by Gasteiger charge is 2.15. The lowest BCUT2D eigenvalue weighted by Crippen LogP contribution is -2.41. The lowest BCUT2D eigenvalue weighted by Gasteiger charge is -2.17. The number of nitrogens with two attached hydrogens (primary N) is 1. The third-order valence-corrected chi connectivity index (χ3v) is 2.28. The lowest BCUT2D eigenvalue weighted by molar-refractivity contribution is -0.122. The van der Waals surface area contributed by atoms with Crippen molar-refractivity contribution in [1.29, 1.82) is 0 Å². The molecule has 0 aliphatic carbocycles. The number of halogens is 1. The van der Waals surface area contributed by atoms with Gasteiger partial charge in [0.15, 0.2) is 5.82 Å². The highest BCUT2D eigenvalue weighted by molar-refractivity contribution is 6.29. The van der Waals surface area contributed by atoms with Crippen molar-refractivity contribution >= 4 is 29.0 Å². The van der Waals surface area contributed by atoms with E-state index in [2.05, 4.69) is 15.6 Å². The van der Waals surface area contributed by atoms with E-state index in [1.807, 2.05) is 13.8 Å². The minimum absolute atomic E-state index is 0.0939. The summed E-state index contributed by atoms with van der Waals surface area (Å²) in [7, 11) is 0. The standard InChI is InChI=1S/C11H17ClN4O/c1-6(2)14-11(17)7(3)15-10-8(13)4-5-9(12)16-10/h4-7H,13H2,1-3H3,(H,14,17)(H,15,16). The van der Waals surface area contributed by atoms with Crippen LogP contribution in [-0.2, 0) is 4.79 Å². The quantitative estimate of drug-likeness (QED) is 0.716. The summed E-state index contributed by atoms with van der Waals surface area (Å²) in [6, 6.07) is 2.91. The molecule has 0 radical (unpaired) electrons. The zero-order valence-electron chi connectivity index (χ0n) is 10.1. The van der Waals surface area contributed by atoms with E-state index >= 15 is 0 Å². The van der Waals surface area contributed by atoms with E-state index in [9.17, 15) is 4.79 Å². The van der Waals surface area contributed by atoms with Crippen LogP contribution in [0.2, 0.25) is 5.15 Å². The van der Waals surface area contributed by atoms with Gasteiger partial charge in [-0.15, -0.1) is 0 Å². The van der Waals surface area contributed by atoms with E-state index in [0.29, 0.717) is 16.7 Å². The van der Waals surface area contributed by atoms with E-state index < -0.39 is 6.04 Å². The maximum absolute atomic E-state index is 11.7. The first kappa shape index (κ1) is 13.6. The van der Waals surface area contributed by atoms with Crippen LogP contribution in [0.4, 0.5) is 11.5 Å². The number of nitrogen functional groups attached to an aromatic ring is 1. The van der Waals surface area contributed by atoms with Crippen LogP contribution in [0.5, 0.6) is 0 Å². The molecule has 4 N–H and O–H groups in total. The van der Waals surface area contributed by atoms with Gasteiger partial charge in [0.1, 0.15) is 11.2 Å². The van der Waals surface area contributed by atoms with Crippen molar-refractivity contribution < 1.29 is 4.79 Å². The monoisotopic (exact) mass is 256 g/mol. The maximum Gasteiger partial charge on any atom is 0.242 e. The fourth-order valence-corrected chi connectivity index (χ4v) is 1.39. The summed E-state index contributed by atoms with van der Waals surface area (Å²) in [6.07, 6.45) is 0. The molecule has 94 valence electrons. The number of nitrogens with one attached hydrogen (secondary N) is 2. The number of hydrogen-bond acceptors (Lipinski definition) is 4. The summed E-state index contributed by atoms with van der Waals surface area (Å²) < 4.78 is 0. The molecule has 0 bridgehead atoms. The molecule has 0 aromatic carbocycles. The Kier molecular flexibility index (Phi) is 4.57. The molecule has 1 rings (SSSR count). The highest BCUT2D eigenvalue weighted by atomic mass is 35.5. The largest absolute Gasteiger partial charge is 0.396 e. The lowest BCUT2D eigenvalue weighted by atomic mass is 10.2. The molecule has 17 heavy (non-hydrogen) atoms. The fraction of sp³-hybridized carbons (Fsp3) is 0.455. The van der Waals surface area contributed by atoms with Crippen LogP contribution in [0.1, 0.15) is 20.8 Å². The summed E-state index contributed by atoms with van der Waals surface area (Å²) in [5, 5.41) is 6.05. The topological polar surface area (TPSA) is 80.0 Å². The number of aromatic nitrogens is 1. The van der Waals surface area contributed by atoms with Crippen molar-refractivity contribution in [2.24, 2.45) is 0 Å². The molecule has 0 spiro atoms. The van der Waals surface area contributed by atoms with E-state index in [1.165, 1.54) is 0 Å². The summed E-state index contributed by atoms with van der Waals surface area (Å²) in [4.78, 5) is 15.7. The predicted molar refractivity (Wildman–Crippen MR) is 70.0 cm³/mol. The molecule has 0 saturated heterocycles. The van der Waals surface area contributed by atoms with Gasteiger partial charge in [0, 0.05) is 6.04 Å². The molecule has 0 aliphatic rings. The normalized spacial score (nSPS) is 12.3. The van der Waals surface area contributed by atoms with Crippen molar-refractivity contribution in [3.63, 3.8) is 0 Å². The molecule has 0 saturated carbocycles. The molecule has 0 fully saturated rings. The number of rotatable bonds is 4. The third-order valence-electron chi connectivity index (χ3n) is 2.07. The summed E-state index contributed by atoms with van der Waals surface area (Å²) >= 11 is 5.76. The Morgan fingerprint density at radius 2 is 2.06 bits per heavy atom. The molecule has 0 aliphatic heterocycles. The van der Waals surface area contributed by atoms with Crippen molar-refractivity contribution in [2.45, 2.75) is 32.9 Å². The Balaban J connectivity index is 2.70. The van der Waals surface area contributed by atoms with Crippen LogP contribution in [0.25, 0.3) is 0 Å². The average Bonchev–Trinajstić information content (AvgIpc) is 2.22. The molecule has 1 aromatic rings. The third kappa shape index (κ3) is 4.11. The SMILES string of the molecule is CC(C)NC(=O)C(C)Nc1nc(Cl)ccc1N. The van der Waals surface area contributed by atoms with Gasteiger partial charge in [-0.1, -0.05) is 11.6 Å². The van der Waals surface area contributed by atoms with E-state index in [4.69, 9.17) is 17.3 Å². The zero-order valence-corrected chi connectivity index (χ0v) is 10.9. The molecule has 1 amide bonds. The molecular formula is C11H17ClN4O. The predicted octanol–water partition coefficient (Wildman–Crippen LogP) is 1.64. The second-order valence-electron chi connectivity index (χ2n) is 4.10. The number of carbonyl (C=O) groups is 1. The van der Waals surface area contributed by atoms with Crippen LogP contribution >= 0.6 is 11.6 Å². The van der Waals surface area contributed by atoms with Gasteiger partial charge in [-0.25, -0.2) is 4.98 Å². The van der Waals surface area contributed by atoms with E-state index in [0.717, 1.165) is 0 Å². The van der Waals surface area contributed by atoms with Gasteiger partial charge in [0.2, 0.25) is 5.91 Å². The minimum atomic E-state index is -0.425. The van der Waals surface area contributed by atoms with E-state index in [1.54, 1.807) is 19.1 Å². The number of amides is 1. The van der Waals surface area contributed by atoms with Gasteiger partial charge in [-0.2, -0.15) is 0 Å². The Hall–Kier alpha value is -1.49.